The van der Waals surface area contributed by atoms with Gasteiger partial charge in [-0.3, -0.25) is 19.3 Å². The van der Waals surface area contributed by atoms with E-state index in [1.54, 1.807) is 52.3 Å². The van der Waals surface area contributed by atoms with Crippen LogP contribution in [0.1, 0.15) is 29.5 Å². The second kappa shape index (κ2) is 11.7. The van der Waals surface area contributed by atoms with Crippen molar-refractivity contribution in [3.63, 3.8) is 0 Å². The number of carbonyl (C=O) groups excluding carboxylic acids is 3. The van der Waals surface area contributed by atoms with Gasteiger partial charge in [-0.2, -0.15) is 0 Å². The standard InChI is InChI=1S/C31H32N4O6/c1-19(36)34-17-24(25(18-34)30(38)39)21-8-10-23(11-9-21)32-29(37)16-20-7-12-26(28(15-20)41-2)33-31(40)35-14-13-22-5-3-4-6-27(22)35/h3-12,15,24-25H,13-14,16-18H2,1-2H3,(H,32,37)(H,33,40)(H,38,39). The summed E-state index contributed by atoms with van der Waals surface area (Å²) in [6.07, 6.45) is 0.891. The van der Waals surface area contributed by atoms with Gasteiger partial charge in [0.1, 0.15) is 5.75 Å². The molecule has 5 rings (SSSR count). The Morgan fingerprint density at radius 2 is 1.73 bits per heavy atom. The Hall–Kier alpha value is -4.86. The van der Waals surface area contributed by atoms with Crippen LogP contribution in [-0.4, -0.2) is 60.6 Å². The van der Waals surface area contributed by atoms with Crippen molar-refractivity contribution in [3.05, 3.63) is 83.4 Å². The van der Waals surface area contributed by atoms with Gasteiger partial charge in [-0.05, 0) is 53.4 Å². The van der Waals surface area contributed by atoms with Crippen molar-refractivity contribution in [2.45, 2.75) is 25.7 Å². The lowest BCUT2D eigenvalue weighted by molar-refractivity contribution is -0.141. The summed E-state index contributed by atoms with van der Waals surface area (Å²) in [5, 5.41) is 15.4. The van der Waals surface area contributed by atoms with E-state index < -0.39 is 11.9 Å². The lowest BCUT2D eigenvalue weighted by Gasteiger charge is -2.19. The van der Waals surface area contributed by atoms with E-state index in [0.29, 0.717) is 35.8 Å². The predicted molar refractivity (Wildman–Crippen MR) is 154 cm³/mol. The number of benzene rings is 3. The second-order valence-corrected chi connectivity index (χ2v) is 10.3. The van der Waals surface area contributed by atoms with E-state index in [9.17, 15) is 24.3 Å². The van der Waals surface area contributed by atoms with Crippen LogP contribution < -0.4 is 20.3 Å². The first-order chi connectivity index (χ1) is 19.7. The number of urea groups is 1. The van der Waals surface area contributed by atoms with Crippen molar-refractivity contribution < 1.29 is 29.0 Å². The maximum absolute atomic E-state index is 13.0. The number of nitrogens with zero attached hydrogens (tertiary/aromatic N) is 2. The van der Waals surface area contributed by atoms with Crippen molar-refractivity contribution in [2.24, 2.45) is 5.92 Å². The van der Waals surface area contributed by atoms with E-state index in [2.05, 4.69) is 10.6 Å². The molecule has 3 aromatic rings. The number of hydrogen-bond donors (Lipinski definition) is 3. The number of carbonyl (C=O) groups is 4. The number of nitrogens with one attached hydrogen (secondary N) is 2. The predicted octanol–water partition coefficient (Wildman–Crippen LogP) is 4.12. The van der Waals surface area contributed by atoms with Gasteiger partial charge in [0, 0.05) is 43.9 Å². The molecule has 0 saturated carbocycles. The van der Waals surface area contributed by atoms with Gasteiger partial charge in [0.05, 0.1) is 25.1 Å². The van der Waals surface area contributed by atoms with Crippen LogP contribution in [0.2, 0.25) is 0 Å². The minimum absolute atomic E-state index is 0.0864. The number of rotatable bonds is 7. The summed E-state index contributed by atoms with van der Waals surface area (Å²) in [6, 6.07) is 19.8. The van der Waals surface area contributed by atoms with Gasteiger partial charge < -0.3 is 25.4 Å². The molecule has 0 aromatic heterocycles. The lowest BCUT2D eigenvalue weighted by atomic mass is 9.89. The van der Waals surface area contributed by atoms with Crippen LogP contribution in [0.25, 0.3) is 0 Å². The average Bonchev–Trinajstić information content (AvgIpc) is 3.60. The average molecular weight is 557 g/mol. The minimum Gasteiger partial charge on any atom is -0.495 e. The summed E-state index contributed by atoms with van der Waals surface area (Å²) in [5.74, 6) is -1.85. The van der Waals surface area contributed by atoms with Crippen molar-refractivity contribution in [1.29, 1.82) is 0 Å². The Labute approximate surface area is 237 Å². The highest BCUT2D eigenvalue weighted by Gasteiger charge is 2.39. The van der Waals surface area contributed by atoms with Gasteiger partial charge in [-0.15, -0.1) is 0 Å². The number of methoxy groups -OCH3 is 1. The Morgan fingerprint density at radius 3 is 2.44 bits per heavy atom. The molecule has 2 heterocycles. The van der Waals surface area contributed by atoms with E-state index in [1.165, 1.54) is 14.0 Å². The minimum atomic E-state index is -0.932. The van der Waals surface area contributed by atoms with Crippen LogP contribution in [0.4, 0.5) is 21.9 Å². The fraction of sp³-hybridized carbons (Fsp3) is 0.290. The molecule has 2 aliphatic heterocycles. The molecule has 4 amide bonds. The zero-order valence-electron chi connectivity index (χ0n) is 22.9. The van der Waals surface area contributed by atoms with Crippen LogP contribution in [0, 0.1) is 5.92 Å². The molecule has 212 valence electrons. The lowest BCUT2D eigenvalue weighted by Crippen LogP contribution is -2.33. The van der Waals surface area contributed by atoms with E-state index in [1.807, 2.05) is 24.3 Å². The SMILES string of the molecule is COc1cc(CC(=O)Nc2ccc(C3CN(C(C)=O)CC3C(=O)O)cc2)ccc1NC(=O)N1CCc2ccccc21. The van der Waals surface area contributed by atoms with Gasteiger partial charge in [0.15, 0.2) is 0 Å². The van der Waals surface area contributed by atoms with E-state index in [-0.39, 0.29) is 36.7 Å². The molecule has 0 radical (unpaired) electrons. The fourth-order valence-corrected chi connectivity index (χ4v) is 5.53. The molecule has 10 nitrogen and oxygen atoms in total. The number of amides is 4. The molecule has 3 aromatic carbocycles. The summed E-state index contributed by atoms with van der Waals surface area (Å²) in [5.41, 5.74) is 4.63. The third-order valence-corrected chi connectivity index (χ3v) is 7.71. The Morgan fingerprint density at radius 1 is 0.976 bits per heavy atom. The van der Waals surface area contributed by atoms with Crippen molar-refractivity contribution in [1.82, 2.24) is 4.90 Å². The number of carboxylic acids is 1. The van der Waals surface area contributed by atoms with E-state index in [0.717, 1.165) is 23.2 Å². The smallest absolute Gasteiger partial charge is 0.326 e. The molecular formula is C31H32N4O6. The quantitative estimate of drug-likeness (QED) is 0.402. The molecule has 0 spiro atoms. The molecule has 10 heteroatoms. The normalized spacial score (nSPS) is 17.6. The third kappa shape index (κ3) is 6.01. The maximum atomic E-state index is 13.0. The Balaban J connectivity index is 1.20. The number of anilines is 3. The number of aliphatic carboxylic acids is 1. The number of fused-ring (bicyclic) bond motifs is 1. The molecule has 0 bridgehead atoms. The number of para-hydroxylation sites is 1. The monoisotopic (exact) mass is 556 g/mol. The van der Waals surface area contributed by atoms with Crippen LogP contribution in [0.5, 0.6) is 5.75 Å². The second-order valence-electron chi connectivity index (χ2n) is 10.3. The zero-order valence-corrected chi connectivity index (χ0v) is 22.9. The largest absolute Gasteiger partial charge is 0.495 e. The number of carboxylic acid groups (broad SMARTS) is 1. The first kappa shape index (κ1) is 27.7. The molecule has 1 fully saturated rings. The van der Waals surface area contributed by atoms with Gasteiger partial charge in [-0.25, -0.2) is 4.79 Å². The molecule has 2 atom stereocenters. The number of ether oxygens (including phenoxy) is 1. The highest BCUT2D eigenvalue weighted by atomic mass is 16.5. The van der Waals surface area contributed by atoms with Crippen LogP contribution in [-0.2, 0) is 27.2 Å². The first-order valence-corrected chi connectivity index (χ1v) is 13.4. The maximum Gasteiger partial charge on any atom is 0.326 e. The molecule has 2 unspecified atom stereocenters. The number of hydrogen-bond acceptors (Lipinski definition) is 5. The number of likely N-dealkylation sites (tertiary alicyclic amines) is 1. The van der Waals surface area contributed by atoms with Crippen LogP contribution in [0.15, 0.2) is 66.7 Å². The van der Waals surface area contributed by atoms with Gasteiger partial charge in [0.25, 0.3) is 0 Å². The summed E-state index contributed by atoms with van der Waals surface area (Å²) in [4.78, 5) is 52.5. The molecule has 2 aliphatic rings. The van der Waals surface area contributed by atoms with E-state index in [4.69, 9.17) is 4.74 Å². The zero-order chi connectivity index (χ0) is 29.1. The Kier molecular flexibility index (Phi) is 7.91. The summed E-state index contributed by atoms with van der Waals surface area (Å²) < 4.78 is 5.50. The van der Waals surface area contributed by atoms with Crippen molar-refractivity contribution >= 4 is 40.9 Å². The molecule has 0 aliphatic carbocycles. The van der Waals surface area contributed by atoms with Gasteiger partial charge in [-0.1, -0.05) is 36.4 Å². The van der Waals surface area contributed by atoms with Crippen LogP contribution >= 0.6 is 0 Å². The van der Waals surface area contributed by atoms with Crippen LogP contribution in [0.3, 0.4) is 0 Å². The van der Waals surface area contributed by atoms with Crippen molar-refractivity contribution in [2.75, 3.05) is 42.3 Å². The molecular weight excluding hydrogens is 524 g/mol. The third-order valence-electron chi connectivity index (χ3n) is 7.71. The Bertz CT molecular complexity index is 1490. The summed E-state index contributed by atoms with van der Waals surface area (Å²) >= 11 is 0. The van der Waals surface area contributed by atoms with Crippen molar-refractivity contribution in [3.8, 4) is 5.75 Å². The fourth-order valence-electron chi connectivity index (χ4n) is 5.53. The van der Waals surface area contributed by atoms with Gasteiger partial charge in [0.2, 0.25) is 11.8 Å². The molecule has 1 saturated heterocycles. The summed E-state index contributed by atoms with van der Waals surface area (Å²) in [7, 11) is 1.51. The first-order valence-electron chi connectivity index (χ1n) is 13.4. The summed E-state index contributed by atoms with van der Waals surface area (Å²) in [6.45, 7) is 2.57. The molecule has 3 N–H and O–H groups in total. The highest BCUT2D eigenvalue weighted by molar-refractivity contribution is 6.04. The molecule has 41 heavy (non-hydrogen) atoms. The topological polar surface area (TPSA) is 128 Å². The highest BCUT2D eigenvalue weighted by Crippen LogP contribution is 2.34. The van der Waals surface area contributed by atoms with E-state index >= 15 is 0 Å². The van der Waals surface area contributed by atoms with Gasteiger partial charge >= 0.3 is 12.0 Å².